The summed E-state index contributed by atoms with van der Waals surface area (Å²) in [6.45, 7) is 2.86. The Morgan fingerprint density at radius 1 is 1.22 bits per heavy atom. The Bertz CT molecular complexity index is 803. The lowest BCUT2D eigenvalue weighted by atomic mass is 10.1. The molecule has 27 heavy (non-hydrogen) atoms. The van der Waals surface area contributed by atoms with E-state index in [9.17, 15) is 9.90 Å². The number of hydrogen-bond acceptors (Lipinski definition) is 6. The van der Waals surface area contributed by atoms with Crippen molar-refractivity contribution in [1.82, 2.24) is 0 Å². The molecule has 0 saturated carbocycles. The maximum absolute atomic E-state index is 11.9. The second-order valence-electron chi connectivity index (χ2n) is 5.62. The highest BCUT2D eigenvalue weighted by Crippen LogP contribution is 2.29. The zero-order valence-electron chi connectivity index (χ0n) is 15.3. The number of aliphatic carboxylic acids is 1. The number of nitrogens with zero attached hydrogens (tertiary/aromatic N) is 1. The molecular formula is C20H22N2O4S. The van der Waals surface area contributed by atoms with Gasteiger partial charge in [0.15, 0.2) is 6.04 Å². The Labute approximate surface area is 163 Å². The number of carboxylic acids is 1. The van der Waals surface area contributed by atoms with Crippen LogP contribution >= 0.6 is 11.8 Å². The standard InChI is InChI=1S/C20H22N2O4S/c1-3-25-17-10-15(11-18(12-17)26-8-9-27-2)19(20(23)24)22-16-6-4-14(13-21)5-7-16/h4-7,10-12,19,22H,3,8-9H2,1-2H3,(H,23,24)/t19-/m1/s1. The molecule has 0 bridgehead atoms. The molecule has 0 amide bonds. The molecule has 0 aliphatic heterocycles. The number of hydrogen-bond donors (Lipinski definition) is 2. The first kappa shape index (κ1) is 20.5. The molecule has 0 aliphatic carbocycles. The van der Waals surface area contributed by atoms with Gasteiger partial charge in [-0.15, -0.1) is 0 Å². The second-order valence-corrected chi connectivity index (χ2v) is 6.60. The van der Waals surface area contributed by atoms with Gasteiger partial charge in [-0.3, -0.25) is 0 Å². The van der Waals surface area contributed by atoms with E-state index in [-0.39, 0.29) is 0 Å². The minimum absolute atomic E-state index is 0.467. The van der Waals surface area contributed by atoms with Crippen molar-refractivity contribution >= 4 is 23.4 Å². The summed E-state index contributed by atoms with van der Waals surface area (Å²) in [4.78, 5) is 11.9. The van der Waals surface area contributed by atoms with E-state index in [1.54, 1.807) is 54.2 Å². The second kappa shape index (κ2) is 10.3. The third kappa shape index (κ3) is 6.12. The van der Waals surface area contributed by atoms with E-state index in [4.69, 9.17) is 14.7 Å². The minimum atomic E-state index is -1.02. The summed E-state index contributed by atoms with van der Waals surface area (Å²) in [6, 6.07) is 12.8. The van der Waals surface area contributed by atoms with Gasteiger partial charge in [-0.2, -0.15) is 17.0 Å². The van der Waals surface area contributed by atoms with Crippen LogP contribution in [-0.4, -0.2) is 36.3 Å². The first-order valence-corrected chi connectivity index (χ1v) is 9.85. The molecule has 7 heteroatoms. The van der Waals surface area contributed by atoms with E-state index in [0.29, 0.717) is 41.5 Å². The van der Waals surface area contributed by atoms with Crippen LogP contribution in [0.15, 0.2) is 42.5 Å². The van der Waals surface area contributed by atoms with Crippen LogP contribution in [-0.2, 0) is 4.79 Å². The van der Waals surface area contributed by atoms with Crippen molar-refractivity contribution in [3.05, 3.63) is 53.6 Å². The molecule has 2 rings (SSSR count). The van der Waals surface area contributed by atoms with Gasteiger partial charge in [-0.1, -0.05) is 0 Å². The van der Waals surface area contributed by atoms with Gasteiger partial charge < -0.3 is 19.9 Å². The van der Waals surface area contributed by atoms with Crippen LogP contribution in [0.5, 0.6) is 11.5 Å². The Hall–Kier alpha value is -2.85. The van der Waals surface area contributed by atoms with E-state index in [2.05, 4.69) is 5.32 Å². The van der Waals surface area contributed by atoms with Crippen LogP contribution in [0.4, 0.5) is 5.69 Å². The van der Waals surface area contributed by atoms with Crippen molar-refractivity contribution in [3.8, 4) is 17.6 Å². The molecule has 2 N–H and O–H groups in total. The number of rotatable bonds is 10. The van der Waals surface area contributed by atoms with Gasteiger partial charge in [0.25, 0.3) is 0 Å². The van der Waals surface area contributed by atoms with Gasteiger partial charge in [-0.05, 0) is 55.1 Å². The normalized spacial score (nSPS) is 11.3. The molecule has 2 aromatic carbocycles. The van der Waals surface area contributed by atoms with Gasteiger partial charge in [-0.25, -0.2) is 4.79 Å². The fourth-order valence-electron chi connectivity index (χ4n) is 2.43. The van der Waals surface area contributed by atoms with Gasteiger partial charge >= 0.3 is 5.97 Å². The summed E-state index contributed by atoms with van der Waals surface area (Å²) in [6.07, 6.45) is 1.99. The molecule has 1 atom stereocenters. The van der Waals surface area contributed by atoms with Gasteiger partial charge in [0, 0.05) is 17.5 Å². The van der Waals surface area contributed by atoms with Crippen molar-refractivity contribution < 1.29 is 19.4 Å². The molecule has 0 saturated heterocycles. The lowest BCUT2D eigenvalue weighted by Crippen LogP contribution is -2.20. The molecule has 0 fully saturated rings. The molecule has 0 unspecified atom stereocenters. The van der Waals surface area contributed by atoms with Crippen molar-refractivity contribution in [2.45, 2.75) is 13.0 Å². The van der Waals surface area contributed by atoms with Crippen molar-refractivity contribution in [2.75, 3.05) is 30.5 Å². The summed E-state index contributed by atoms with van der Waals surface area (Å²) in [5.41, 5.74) is 1.64. The number of thioether (sulfide) groups is 1. The number of ether oxygens (including phenoxy) is 2. The highest BCUT2D eigenvalue weighted by molar-refractivity contribution is 7.98. The minimum Gasteiger partial charge on any atom is -0.494 e. The van der Waals surface area contributed by atoms with Crippen LogP contribution in [0, 0.1) is 11.3 Å². The van der Waals surface area contributed by atoms with E-state index in [1.807, 2.05) is 19.2 Å². The first-order chi connectivity index (χ1) is 13.1. The van der Waals surface area contributed by atoms with Crippen molar-refractivity contribution in [2.24, 2.45) is 0 Å². The molecule has 142 valence electrons. The summed E-state index contributed by atoms with van der Waals surface area (Å²) in [5.74, 6) is 0.933. The summed E-state index contributed by atoms with van der Waals surface area (Å²) < 4.78 is 11.3. The summed E-state index contributed by atoms with van der Waals surface area (Å²) in [5, 5.41) is 21.6. The number of nitriles is 1. The third-order valence-corrected chi connectivity index (χ3v) is 4.25. The maximum Gasteiger partial charge on any atom is 0.330 e. The molecule has 6 nitrogen and oxygen atoms in total. The average Bonchev–Trinajstić information content (AvgIpc) is 2.66. The van der Waals surface area contributed by atoms with Gasteiger partial charge in [0.1, 0.15) is 11.5 Å². The molecule has 0 spiro atoms. The molecule has 0 aliphatic rings. The zero-order chi connectivity index (χ0) is 19.6. The van der Waals surface area contributed by atoms with Crippen LogP contribution in [0.1, 0.15) is 24.1 Å². The van der Waals surface area contributed by atoms with Gasteiger partial charge in [0.05, 0.1) is 24.8 Å². The fourth-order valence-corrected chi connectivity index (χ4v) is 2.68. The monoisotopic (exact) mass is 386 g/mol. The summed E-state index contributed by atoms with van der Waals surface area (Å²) >= 11 is 1.67. The molecule has 0 aromatic heterocycles. The Morgan fingerprint density at radius 2 is 1.89 bits per heavy atom. The van der Waals surface area contributed by atoms with E-state index >= 15 is 0 Å². The molecule has 0 heterocycles. The van der Waals surface area contributed by atoms with Crippen LogP contribution in [0.2, 0.25) is 0 Å². The quantitative estimate of drug-likeness (QED) is 0.598. The Kier molecular flexibility index (Phi) is 7.83. The fraction of sp³-hybridized carbons (Fsp3) is 0.300. The topological polar surface area (TPSA) is 91.6 Å². The van der Waals surface area contributed by atoms with Crippen LogP contribution < -0.4 is 14.8 Å². The largest absolute Gasteiger partial charge is 0.494 e. The smallest absolute Gasteiger partial charge is 0.330 e. The Morgan fingerprint density at radius 3 is 2.44 bits per heavy atom. The predicted octanol–water partition coefficient (Wildman–Crippen LogP) is 3.94. The maximum atomic E-state index is 11.9. The number of benzene rings is 2. The lowest BCUT2D eigenvalue weighted by Gasteiger charge is -2.18. The molecule has 0 radical (unpaired) electrons. The lowest BCUT2D eigenvalue weighted by molar-refractivity contribution is -0.138. The average molecular weight is 386 g/mol. The predicted molar refractivity (Wildman–Crippen MR) is 107 cm³/mol. The third-order valence-electron chi connectivity index (χ3n) is 3.67. The first-order valence-electron chi connectivity index (χ1n) is 8.46. The zero-order valence-corrected chi connectivity index (χ0v) is 16.1. The van der Waals surface area contributed by atoms with Crippen LogP contribution in [0.25, 0.3) is 0 Å². The number of carboxylic acid groups (broad SMARTS) is 1. The van der Waals surface area contributed by atoms with Crippen LogP contribution in [0.3, 0.4) is 0 Å². The SMILES string of the molecule is CCOc1cc(OCCSC)cc([C@@H](Nc2ccc(C#N)cc2)C(=O)O)c1. The molecule has 2 aromatic rings. The van der Waals surface area contributed by atoms with Crippen molar-refractivity contribution in [3.63, 3.8) is 0 Å². The highest BCUT2D eigenvalue weighted by Gasteiger charge is 2.21. The van der Waals surface area contributed by atoms with E-state index in [1.165, 1.54) is 0 Å². The Balaban J connectivity index is 2.30. The van der Waals surface area contributed by atoms with Crippen molar-refractivity contribution in [1.29, 1.82) is 5.26 Å². The number of nitrogens with one attached hydrogen (secondary N) is 1. The van der Waals surface area contributed by atoms with Gasteiger partial charge in [0.2, 0.25) is 0 Å². The van der Waals surface area contributed by atoms with E-state index in [0.717, 1.165) is 5.75 Å². The summed E-state index contributed by atoms with van der Waals surface area (Å²) in [7, 11) is 0. The number of carbonyl (C=O) groups is 1. The molecular weight excluding hydrogens is 364 g/mol. The van der Waals surface area contributed by atoms with E-state index < -0.39 is 12.0 Å². The highest BCUT2D eigenvalue weighted by atomic mass is 32.2. The number of anilines is 1.